The summed E-state index contributed by atoms with van der Waals surface area (Å²) in [4.78, 5) is 10.9. The van der Waals surface area contributed by atoms with Gasteiger partial charge in [-0.25, -0.2) is 4.79 Å². The molecule has 0 saturated carbocycles. The van der Waals surface area contributed by atoms with Crippen molar-refractivity contribution in [2.75, 3.05) is 5.32 Å². The van der Waals surface area contributed by atoms with E-state index in [4.69, 9.17) is 5.11 Å². The molecule has 0 aliphatic heterocycles. The van der Waals surface area contributed by atoms with E-state index in [1.165, 1.54) is 0 Å². The monoisotopic (exact) mass is 215 g/mol. The number of benzene rings is 1. The van der Waals surface area contributed by atoms with Crippen molar-refractivity contribution in [2.45, 2.75) is 0 Å². The molecule has 0 aliphatic carbocycles. The van der Waals surface area contributed by atoms with E-state index in [-0.39, 0.29) is 5.56 Å². The highest BCUT2D eigenvalue weighted by Gasteiger charge is 2.08. The first-order valence-corrected chi connectivity index (χ1v) is 4.73. The van der Waals surface area contributed by atoms with E-state index in [9.17, 15) is 4.79 Å². The van der Waals surface area contributed by atoms with Gasteiger partial charge in [0.05, 0.1) is 11.3 Å². The maximum atomic E-state index is 10.9. The van der Waals surface area contributed by atoms with Crippen LogP contribution >= 0.6 is 0 Å². The molecule has 0 spiro atoms. The number of hydrogen-bond donors (Lipinski definition) is 2. The van der Waals surface area contributed by atoms with Crippen LogP contribution in [0.15, 0.2) is 61.3 Å². The molecule has 0 aromatic heterocycles. The van der Waals surface area contributed by atoms with Gasteiger partial charge in [-0.2, -0.15) is 0 Å². The Morgan fingerprint density at radius 2 is 2.00 bits per heavy atom. The second kappa shape index (κ2) is 5.56. The van der Waals surface area contributed by atoms with E-state index in [1.807, 2.05) is 0 Å². The Balaban J connectivity index is 3.05. The number of nitrogens with one attached hydrogen (secondary N) is 1. The molecule has 1 rings (SSSR count). The predicted molar refractivity (Wildman–Crippen MR) is 65.5 cm³/mol. The SMILES string of the molecule is C=C/C=C(\C=C)Nc1ccccc1C(=O)O. The molecule has 0 unspecified atom stereocenters. The smallest absolute Gasteiger partial charge is 0.337 e. The minimum Gasteiger partial charge on any atom is -0.478 e. The molecule has 2 N–H and O–H groups in total. The molecule has 82 valence electrons. The van der Waals surface area contributed by atoms with Gasteiger partial charge in [0.25, 0.3) is 0 Å². The van der Waals surface area contributed by atoms with E-state index < -0.39 is 5.97 Å². The maximum Gasteiger partial charge on any atom is 0.337 e. The van der Waals surface area contributed by atoms with Crippen molar-refractivity contribution in [1.29, 1.82) is 0 Å². The first-order valence-electron chi connectivity index (χ1n) is 4.73. The van der Waals surface area contributed by atoms with Crippen molar-refractivity contribution < 1.29 is 9.90 Å². The molecular formula is C13H13NO2. The number of rotatable bonds is 5. The lowest BCUT2D eigenvalue weighted by molar-refractivity contribution is 0.0698. The summed E-state index contributed by atoms with van der Waals surface area (Å²) in [6.45, 7) is 7.19. The van der Waals surface area contributed by atoms with Gasteiger partial charge >= 0.3 is 5.97 Å². The van der Waals surface area contributed by atoms with Crippen LogP contribution in [0.2, 0.25) is 0 Å². The first-order chi connectivity index (χ1) is 7.69. The number of allylic oxidation sites excluding steroid dienone is 3. The molecule has 0 radical (unpaired) electrons. The Labute approximate surface area is 94.4 Å². The Morgan fingerprint density at radius 3 is 2.56 bits per heavy atom. The van der Waals surface area contributed by atoms with Crippen molar-refractivity contribution in [3.05, 3.63) is 66.9 Å². The fraction of sp³-hybridized carbons (Fsp3) is 0. The molecule has 0 atom stereocenters. The van der Waals surface area contributed by atoms with Gasteiger partial charge in [-0.15, -0.1) is 0 Å². The fourth-order valence-electron chi connectivity index (χ4n) is 1.22. The zero-order valence-electron chi connectivity index (χ0n) is 8.81. The van der Waals surface area contributed by atoms with E-state index in [2.05, 4.69) is 18.5 Å². The number of carboxylic acid groups (broad SMARTS) is 1. The van der Waals surface area contributed by atoms with E-state index in [0.29, 0.717) is 11.4 Å². The summed E-state index contributed by atoms with van der Waals surface area (Å²) in [5.74, 6) is -0.967. The molecule has 3 nitrogen and oxygen atoms in total. The van der Waals surface area contributed by atoms with Crippen LogP contribution in [-0.4, -0.2) is 11.1 Å². The van der Waals surface area contributed by atoms with Crippen molar-refractivity contribution in [1.82, 2.24) is 0 Å². The van der Waals surface area contributed by atoms with Crippen molar-refractivity contribution >= 4 is 11.7 Å². The van der Waals surface area contributed by atoms with Crippen LogP contribution in [0, 0.1) is 0 Å². The fourth-order valence-corrected chi connectivity index (χ4v) is 1.22. The second-order valence-corrected chi connectivity index (χ2v) is 3.04. The van der Waals surface area contributed by atoms with Crippen LogP contribution in [0.5, 0.6) is 0 Å². The molecule has 0 saturated heterocycles. The summed E-state index contributed by atoms with van der Waals surface area (Å²) in [6.07, 6.45) is 4.92. The molecular weight excluding hydrogens is 202 g/mol. The molecule has 1 aromatic rings. The van der Waals surface area contributed by atoms with E-state index in [1.54, 1.807) is 42.5 Å². The number of aromatic carboxylic acids is 1. The van der Waals surface area contributed by atoms with Gasteiger partial charge < -0.3 is 10.4 Å². The predicted octanol–water partition coefficient (Wildman–Crippen LogP) is 3.05. The van der Waals surface area contributed by atoms with Crippen LogP contribution in [0.25, 0.3) is 0 Å². The number of hydrogen-bond acceptors (Lipinski definition) is 2. The highest BCUT2D eigenvalue weighted by atomic mass is 16.4. The number of carboxylic acids is 1. The Hall–Kier alpha value is -2.29. The topological polar surface area (TPSA) is 49.3 Å². The number of para-hydroxylation sites is 1. The molecule has 0 amide bonds. The minimum absolute atomic E-state index is 0.222. The highest BCUT2D eigenvalue weighted by molar-refractivity contribution is 5.94. The molecule has 3 heteroatoms. The van der Waals surface area contributed by atoms with Crippen LogP contribution < -0.4 is 5.32 Å². The zero-order valence-corrected chi connectivity index (χ0v) is 8.81. The zero-order chi connectivity index (χ0) is 12.0. The van der Waals surface area contributed by atoms with Crippen LogP contribution in [-0.2, 0) is 0 Å². The number of carbonyl (C=O) groups is 1. The largest absolute Gasteiger partial charge is 0.478 e. The molecule has 0 aliphatic rings. The Morgan fingerprint density at radius 1 is 1.31 bits per heavy atom. The third-order valence-corrected chi connectivity index (χ3v) is 1.95. The average molecular weight is 215 g/mol. The Bertz CT molecular complexity index is 447. The molecule has 0 heterocycles. The van der Waals surface area contributed by atoms with Crippen LogP contribution in [0.4, 0.5) is 5.69 Å². The quantitative estimate of drug-likeness (QED) is 0.742. The summed E-state index contributed by atoms with van der Waals surface area (Å²) in [5, 5.41) is 11.9. The first kappa shape index (κ1) is 11.8. The normalized spacial score (nSPS) is 10.6. The highest BCUT2D eigenvalue weighted by Crippen LogP contribution is 2.17. The molecule has 0 fully saturated rings. The lowest BCUT2D eigenvalue weighted by atomic mass is 10.1. The standard InChI is InChI=1S/C13H13NO2/c1-3-7-10(4-2)14-12-9-6-5-8-11(12)13(15)16/h3-9,14H,1-2H2,(H,15,16)/b10-7+. The number of anilines is 1. The van der Waals surface area contributed by atoms with Crippen LogP contribution in [0.1, 0.15) is 10.4 Å². The summed E-state index contributed by atoms with van der Waals surface area (Å²) < 4.78 is 0. The van der Waals surface area contributed by atoms with Gasteiger partial charge in [-0.05, 0) is 24.3 Å². The van der Waals surface area contributed by atoms with Gasteiger partial charge in [0.15, 0.2) is 0 Å². The summed E-state index contributed by atoms with van der Waals surface area (Å²) in [6, 6.07) is 6.69. The summed E-state index contributed by atoms with van der Waals surface area (Å²) in [7, 11) is 0. The average Bonchev–Trinajstić information content (AvgIpc) is 2.29. The van der Waals surface area contributed by atoms with Gasteiger partial charge in [-0.1, -0.05) is 31.4 Å². The third kappa shape index (κ3) is 2.85. The molecule has 0 bridgehead atoms. The minimum atomic E-state index is -0.967. The molecule has 16 heavy (non-hydrogen) atoms. The van der Waals surface area contributed by atoms with Gasteiger partial charge in [0.2, 0.25) is 0 Å². The maximum absolute atomic E-state index is 10.9. The Kier molecular flexibility index (Phi) is 4.09. The third-order valence-electron chi connectivity index (χ3n) is 1.95. The lowest BCUT2D eigenvalue weighted by Gasteiger charge is -2.09. The van der Waals surface area contributed by atoms with E-state index >= 15 is 0 Å². The lowest BCUT2D eigenvalue weighted by Crippen LogP contribution is -2.04. The summed E-state index contributed by atoms with van der Waals surface area (Å²) in [5.41, 5.74) is 1.45. The molecule has 1 aromatic carbocycles. The van der Waals surface area contributed by atoms with Gasteiger partial charge in [-0.3, -0.25) is 0 Å². The van der Waals surface area contributed by atoms with Crippen molar-refractivity contribution in [2.24, 2.45) is 0 Å². The van der Waals surface area contributed by atoms with E-state index in [0.717, 1.165) is 0 Å². The second-order valence-electron chi connectivity index (χ2n) is 3.04. The van der Waals surface area contributed by atoms with Crippen LogP contribution in [0.3, 0.4) is 0 Å². The summed E-state index contributed by atoms with van der Waals surface area (Å²) >= 11 is 0. The van der Waals surface area contributed by atoms with Crippen molar-refractivity contribution in [3.8, 4) is 0 Å². The van der Waals surface area contributed by atoms with Gasteiger partial charge in [0.1, 0.15) is 0 Å². The van der Waals surface area contributed by atoms with Crippen molar-refractivity contribution in [3.63, 3.8) is 0 Å². The van der Waals surface area contributed by atoms with Gasteiger partial charge in [0, 0.05) is 5.70 Å².